The Hall–Kier alpha value is -3.09. The van der Waals surface area contributed by atoms with Crippen LogP contribution in [0.1, 0.15) is 37.5 Å². The summed E-state index contributed by atoms with van der Waals surface area (Å²) in [5.74, 6) is 0.556. The number of ether oxygens (including phenoxy) is 2. The van der Waals surface area contributed by atoms with Gasteiger partial charge in [-0.1, -0.05) is 39.0 Å². The van der Waals surface area contributed by atoms with Gasteiger partial charge < -0.3 is 14.8 Å². The number of aryl methyl sites for hydroxylation is 1. The molecule has 1 N–H and O–H groups in total. The molecular weight excluding hydrogens is 360 g/mol. The Morgan fingerprint density at radius 1 is 1.14 bits per heavy atom. The first-order valence-electron chi connectivity index (χ1n) is 8.93. The molecule has 0 aromatic heterocycles. The van der Waals surface area contributed by atoms with Gasteiger partial charge in [0.15, 0.2) is 12.4 Å². The molecule has 2 rings (SSSR count). The topological polar surface area (TPSA) is 90.7 Å². The largest absolute Gasteiger partial charge is 0.490 e. The molecule has 150 valence electrons. The van der Waals surface area contributed by atoms with E-state index in [4.69, 9.17) is 9.47 Å². The molecule has 0 atom stereocenters. The van der Waals surface area contributed by atoms with Crippen LogP contribution >= 0.6 is 0 Å². The summed E-state index contributed by atoms with van der Waals surface area (Å²) >= 11 is 0. The SMILES string of the molecule is COc1ccc(CNC(=O)COc2cc(C)ccc2C(C)(C)C)cc1[N+](=O)[O-]. The van der Waals surface area contributed by atoms with Gasteiger partial charge >= 0.3 is 5.69 Å². The average molecular weight is 386 g/mol. The summed E-state index contributed by atoms with van der Waals surface area (Å²) in [6.45, 7) is 8.25. The van der Waals surface area contributed by atoms with Crippen LogP contribution in [-0.2, 0) is 16.8 Å². The van der Waals surface area contributed by atoms with E-state index in [1.54, 1.807) is 6.07 Å². The number of carbonyl (C=O) groups excluding carboxylic acids is 1. The summed E-state index contributed by atoms with van der Waals surface area (Å²) in [5.41, 5.74) is 2.43. The summed E-state index contributed by atoms with van der Waals surface area (Å²) in [4.78, 5) is 22.8. The van der Waals surface area contributed by atoms with Crippen molar-refractivity contribution in [3.63, 3.8) is 0 Å². The molecule has 7 heteroatoms. The van der Waals surface area contributed by atoms with Gasteiger partial charge in [-0.25, -0.2) is 0 Å². The summed E-state index contributed by atoms with van der Waals surface area (Å²) in [6.07, 6.45) is 0. The third kappa shape index (κ3) is 5.45. The number of nitrogens with one attached hydrogen (secondary N) is 1. The molecule has 0 unspecified atom stereocenters. The van der Waals surface area contributed by atoms with E-state index in [9.17, 15) is 14.9 Å². The van der Waals surface area contributed by atoms with Crippen LogP contribution < -0.4 is 14.8 Å². The normalized spacial score (nSPS) is 11.0. The molecule has 7 nitrogen and oxygen atoms in total. The van der Waals surface area contributed by atoms with E-state index in [0.717, 1.165) is 11.1 Å². The number of carbonyl (C=O) groups is 1. The Balaban J connectivity index is 2.00. The van der Waals surface area contributed by atoms with E-state index in [0.29, 0.717) is 11.3 Å². The minimum atomic E-state index is -0.515. The van der Waals surface area contributed by atoms with Crippen LogP contribution in [0, 0.1) is 17.0 Å². The zero-order valence-corrected chi connectivity index (χ0v) is 16.9. The number of benzene rings is 2. The van der Waals surface area contributed by atoms with Crippen molar-refractivity contribution < 1.29 is 19.2 Å². The zero-order chi connectivity index (χ0) is 20.9. The fraction of sp³-hybridized carbons (Fsp3) is 0.381. The molecule has 2 aromatic carbocycles. The molecule has 1 amide bonds. The fourth-order valence-electron chi connectivity index (χ4n) is 2.75. The molecule has 0 fully saturated rings. The Kier molecular flexibility index (Phi) is 6.62. The monoisotopic (exact) mass is 386 g/mol. The van der Waals surface area contributed by atoms with Gasteiger partial charge in [0.25, 0.3) is 5.91 Å². The van der Waals surface area contributed by atoms with Crippen LogP contribution in [0.3, 0.4) is 0 Å². The molecule has 0 saturated heterocycles. The predicted octanol–water partition coefficient (Wildman–Crippen LogP) is 3.90. The van der Waals surface area contributed by atoms with Crippen molar-refractivity contribution in [1.82, 2.24) is 5.32 Å². The van der Waals surface area contributed by atoms with Crippen molar-refractivity contribution in [3.05, 3.63) is 63.2 Å². The molecule has 2 aromatic rings. The lowest BCUT2D eigenvalue weighted by atomic mass is 9.86. The molecule has 0 aliphatic heterocycles. The lowest BCUT2D eigenvalue weighted by Crippen LogP contribution is -2.29. The molecule has 0 radical (unpaired) electrons. The second-order valence-electron chi connectivity index (χ2n) is 7.58. The highest BCUT2D eigenvalue weighted by Gasteiger charge is 2.20. The number of nitro groups is 1. The number of hydrogen-bond acceptors (Lipinski definition) is 5. The van der Waals surface area contributed by atoms with Crippen LogP contribution in [0.5, 0.6) is 11.5 Å². The first-order chi connectivity index (χ1) is 13.1. The van der Waals surface area contributed by atoms with Crippen molar-refractivity contribution in [2.24, 2.45) is 0 Å². The first kappa shape index (κ1) is 21.2. The van der Waals surface area contributed by atoms with Crippen molar-refractivity contribution in [1.29, 1.82) is 0 Å². The summed E-state index contributed by atoms with van der Waals surface area (Å²) in [5, 5.41) is 13.8. The van der Waals surface area contributed by atoms with E-state index in [1.165, 1.54) is 19.2 Å². The highest BCUT2D eigenvalue weighted by molar-refractivity contribution is 5.77. The van der Waals surface area contributed by atoms with E-state index in [-0.39, 0.29) is 35.9 Å². The van der Waals surface area contributed by atoms with Gasteiger partial charge in [-0.15, -0.1) is 0 Å². The summed E-state index contributed by atoms with van der Waals surface area (Å²) < 4.78 is 10.7. The quantitative estimate of drug-likeness (QED) is 0.576. The van der Waals surface area contributed by atoms with Gasteiger partial charge in [-0.2, -0.15) is 0 Å². The molecule has 0 bridgehead atoms. The standard InChI is InChI=1S/C21H26N2O5/c1-14-6-8-16(21(2,3)4)19(10-14)28-13-20(24)22-12-15-7-9-18(27-5)17(11-15)23(25)26/h6-11H,12-13H2,1-5H3,(H,22,24). The molecular formula is C21H26N2O5. The zero-order valence-electron chi connectivity index (χ0n) is 16.9. The Morgan fingerprint density at radius 3 is 2.46 bits per heavy atom. The second kappa shape index (κ2) is 8.73. The van der Waals surface area contributed by atoms with Gasteiger partial charge in [-0.3, -0.25) is 14.9 Å². The Bertz CT molecular complexity index is 872. The van der Waals surface area contributed by atoms with Crippen molar-refractivity contribution >= 4 is 11.6 Å². The number of nitrogens with zero attached hydrogens (tertiary/aromatic N) is 1. The highest BCUT2D eigenvalue weighted by Crippen LogP contribution is 2.32. The van der Waals surface area contributed by atoms with E-state index in [1.807, 2.05) is 25.1 Å². The molecule has 0 aliphatic carbocycles. The van der Waals surface area contributed by atoms with Gasteiger partial charge in [0.1, 0.15) is 5.75 Å². The minimum Gasteiger partial charge on any atom is -0.490 e. The van der Waals surface area contributed by atoms with Crippen LogP contribution in [0.15, 0.2) is 36.4 Å². The van der Waals surface area contributed by atoms with Crippen molar-refractivity contribution in [2.45, 2.75) is 39.7 Å². The number of methoxy groups -OCH3 is 1. The summed E-state index contributed by atoms with van der Waals surface area (Å²) in [7, 11) is 1.37. The molecule has 0 saturated carbocycles. The van der Waals surface area contributed by atoms with Crippen LogP contribution in [0.25, 0.3) is 0 Å². The van der Waals surface area contributed by atoms with Crippen molar-refractivity contribution in [2.75, 3.05) is 13.7 Å². The van der Waals surface area contributed by atoms with E-state index in [2.05, 4.69) is 26.1 Å². The number of nitro benzene ring substituents is 1. The highest BCUT2D eigenvalue weighted by atomic mass is 16.6. The van der Waals surface area contributed by atoms with Crippen molar-refractivity contribution in [3.8, 4) is 11.5 Å². The Labute approximate surface area is 164 Å². The van der Waals surface area contributed by atoms with E-state index < -0.39 is 4.92 Å². The lowest BCUT2D eigenvalue weighted by molar-refractivity contribution is -0.385. The summed E-state index contributed by atoms with van der Waals surface area (Å²) in [6, 6.07) is 10.5. The molecule has 0 spiro atoms. The van der Waals surface area contributed by atoms with Crippen LogP contribution in [0.4, 0.5) is 5.69 Å². The maximum Gasteiger partial charge on any atom is 0.311 e. The van der Waals surface area contributed by atoms with Gasteiger partial charge in [-0.05, 0) is 41.2 Å². The van der Waals surface area contributed by atoms with Gasteiger partial charge in [0.2, 0.25) is 0 Å². The lowest BCUT2D eigenvalue weighted by Gasteiger charge is -2.23. The fourth-order valence-corrected chi connectivity index (χ4v) is 2.75. The number of hydrogen-bond donors (Lipinski definition) is 1. The van der Waals surface area contributed by atoms with Gasteiger partial charge in [0, 0.05) is 12.6 Å². The maximum atomic E-state index is 12.2. The van der Waals surface area contributed by atoms with Crippen LogP contribution in [0.2, 0.25) is 0 Å². The number of amides is 1. The van der Waals surface area contributed by atoms with Crippen LogP contribution in [-0.4, -0.2) is 24.5 Å². The second-order valence-corrected chi connectivity index (χ2v) is 7.58. The molecule has 0 aliphatic rings. The smallest absolute Gasteiger partial charge is 0.311 e. The van der Waals surface area contributed by atoms with E-state index >= 15 is 0 Å². The molecule has 28 heavy (non-hydrogen) atoms. The average Bonchev–Trinajstić information content (AvgIpc) is 2.63. The predicted molar refractivity (Wildman–Crippen MR) is 107 cm³/mol. The third-order valence-corrected chi connectivity index (χ3v) is 4.23. The minimum absolute atomic E-state index is 0.110. The van der Waals surface area contributed by atoms with Gasteiger partial charge in [0.05, 0.1) is 12.0 Å². The maximum absolute atomic E-state index is 12.2. The first-order valence-corrected chi connectivity index (χ1v) is 8.93. The number of rotatable bonds is 7. The Morgan fingerprint density at radius 2 is 1.86 bits per heavy atom. The third-order valence-electron chi connectivity index (χ3n) is 4.23. The molecule has 0 heterocycles.